The van der Waals surface area contributed by atoms with Crippen molar-refractivity contribution < 1.29 is 0 Å². The Bertz CT molecular complexity index is 252. The zero-order chi connectivity index (χ0) is 15.0. The largest absolute Gasteiger partial charge is 0.316 e. The maximum Gasteiger partial charge on any atom is 0.00928 e. The SMILES string of the molecule is CCCC(C)(CNCC(C)C)CN1CCCCC1CC. The van der Waals surface area contributed by atoms with Crippen LogP contribution in [0.4, 0.5) is 0 Å². The number of nitrogens with one attached hydrogen (secondary N) is 1. The van der Waals surface area contributed by atoms with Gasteiger partial charge in [-0.25, -0.2) is 0 Å². The van der Waals surface area contributed by atoms with Crippen LogP contribution in [-0.4, -0.2) is 37.1 Å². The Morgan fingerprint density at radius 2 is 2.00 bits per heavy atom. The van der Waals surface area contributed by atoms with Crippen molar-refractivity contribution in [2.45, 2.75) is 79.2 Å². The molecule has 0 aromatic rings. The molecule has 1 rings (SSSR count). The van der Waals surface area contributed by atoms with Crippen molar-refractivity contribution in [2.75, 3.05) is 26.2 Å². The van der Waals surface area contributed by atoms with Crippen LogP contribution < -0.4 is 5.32 Å². The Labute approximate surface area is 127 Å². The Hall–Kier alpha value is -0.0800. The first-order chi connectivity index (χ1) is 9.50. The molecule has 20 heavy (non-hydrogen) atoms. The summed E-state index contributed by atoms with van der Waals surface area (Å²) in [5.74, 6) is 0.749. The van der Waals surface area contributed by atoms with E-state index >= 15 is 0 Å². The summed E-state index contributed by atoms with van der Waals surface area (Å²) in [5.41, 5.74) is 0.439. The van der Waals surface area contributed by atoms with E-state index in [0.29, 0.717) is 5.41 Å². The second kappa shape index (κ2) is 9.04. The van der Waals surface area contributed by atoms with Gasteiger partial charge in [0.1, 0.15) is 0 Å². The highest BCUT2D eigenvalue weighted by Gasteiger charge is 2.30. The summed E-state index contributed by atoms with van der Waals surface area (Å²) in [4.78, 5) is 2.79. The molecule has 2 unspecified atom stereocenters. The van der Waals surface area contributed by atoms with Crippen LogP contribution in [-0.2, 0) is 0 Å². The van der Waals surface area contributed by atoms with E-state index in [4.69, 9.17) is 0 Å². The number of piperidine rings is 1. The molecule has 1 aliphatic heterocycles. The average Bonchev–Trinajstić information content (AvgIpc) is 2.39. The minimum atomic E-state index is 0.439. The minimum absolute atomic E-state index is 0.439. The second-order valence-corrected chi connectivity index (χ2v) is 7.61. The summed E-state index contributed by atoms with van der Waals surface area (Å²) in [6.07, 6.45) is 8.21. The lowest BCUT2D eigenvalue weighted by atomic mass is 9.83. The fourth-order valence-corrected chi connectivity index (χ4v) is 3.71. The summed E-state index contributed by atoms with van der Waals surface area (Å²) in [6, 6.07) is 0.838. The molecule has 1 N–H and O–H groups in total. The lowest BCUT2D eigenvalue weighted by molar-refractivity contribution is 0.0794. The van der Waals surface area contributed by atoms with Crippen LogP contribution in [0.2, 0.25) is 0 Å². The van der Waals surface area contributed by atoms with Gasteiger partial charge in [-0.3, -0.25) is 4.90 Å². The van der Waals surface area contributed by atoms with Crippen LogP contribution >= 0.6 is 0 Å². The average molecular weight is 283 g/mol. The summed E-state index contributed by atoms with van der Waals surface area (Å²) >= 11 is 0. The number of hydrogen-bond acceptors (Lipinski definition) is 2. The molecule has 2 atom stereocenters. The van der Waals surface area contributed by atoms with Crippen LogP contribution in [0.15, 0.2) is 0 Å². The van der Waals surface area contributed by atoms with E-state index in [2.05, 4.69) is 44.8 Å². The summed E-state index contributed by atoms with van der Waals surface area (Å²) in [5, 5.41) is 3.71. The quantitative estimate of drug-likeness (QED) is 0.678. The van der Waals surface area contributed by atoms with E-state index in [1.165, 1.54) is 58.2 Å². The fourth-order valence-electron chi connectivity index (χ4n) is 3.71. The Kier molecular flexibility index (Phi) is 8.13. The molecule has 0 saturated carbocycles. The lowest BCUT2D eigenvalue weighted by Gasteiger charge is -2.42. The molecular formula is C18H38N2. The highest BCUT2D eigenvalue weighted by molar-refractivity contribution is 4.85. The van der Waals surface area contributed by atoms with E-state index in [9.17, 15) is 0 Å². The molecular weight excluding hydrogens is 244 g/mol. The van der Waals surface area contributed by atoms with Gasteiger partial charge in [0.15, 0.2) is 0 Å². The van der Waals surface area contributed by atoms with Crippen LogP contribution in [0.1, 0.15) is 73.1 Å². The third-order valence-corrected chi connectivity index (χ3v) is 4.76. The molecule has 0 aromatic heterocycles. The summed E-state index contributed by atoms with van der Waals surface area (Å²) in [6.45, 7) is 16.7. The maximum atomic E-state index is 3.71. The van der Waals surface area contributed by atoms with Gasteiger partial charge in [0, 0.05) is 19.1 Å². The standard InChI is InChI=1S/C18H38N2/c1-6-11-18(5,14-19-13-16(3)4)15-20-12-9-8-10-17(20)7-2/h16-17,19H,6-15H2,1-5H3. The number of nitrogens with zero attached hydrogens (tertiary/aromatic N) is 1. The monoisotopic (exact) mass is 282 g/mol. The molecule has 1 aliphatic rings. The first kappa shape index (κ1) is 18.0. The van der Waals surface area contributed by atoms with Gasteiger partial charge in [0.05, 0.1) is 0 Å². The summed E-state index contributed by atoms with van der Waals surface area (Å²) < 4.78 is 0. The Morgan fingerprint density at radius 3 is 2.60 bits per heavy atom. The van der Waals surface area contributed by atoms with Crippen molar-refractivity contribution in [3.8, 4) is 0 Å². The Morgan fingerprint density at radius 1 is 1.25 bits per heavy atom. The normalized spacial score (nSPS) is 24.0. The molecule has 1 saturated heterocycles. The van der Waals surface area contributed by atoms with Crippen molar-refractivity contribution in [2.24, 2.45) is 11.3 Å². The third-order valence-electron chi connectivity index (χ3n) is 4.76. The first-order valence-electron chi connectivity index (χ1n) is 8.95. The van der Waals surface area contributed by atoms with Crippen molar-refractivity contribution in [1.82, 2.24) is 10.2 Å². The third kappa shape index (κ3) is 6.13. The summed E-state index contributed by atoms with van der Waals surface area (Å²) in [7, 11) is 0. The zero-order valence-corrected chi connectivity index (χ0v) is 14.7. The Balaban J connectivity index is 2.54. The fraction of sp³-hybridized carbons (Fsp3) is 1.00. The molecule has 1 fully saturated rings. The molecule has 2 nitrogen and oxygen atoms in total. The van der Waals surface area contributed by atoms with E-state index in [0.717, 1.165) is 18.5 Å². The van der Waals surface area contributed by atoms with Crippen molar-refractivity contribution in [3.63, 3.8) is 0 Å². The van der Waals surface area contributed by atoms with Gasteiger partial charge >= 0.3 is 0 Å². The van der Waals surface area contributed by atoms with Gasteiger partial charge in [-0.2, -0.15) is 0 Å². The van der Waals surface area contributed by atoms with Gasteiger partial charge in [-0.05, 0) is 50.1 Å². The van der Waals surface area contributed by atoms with Gasteiger partial charge in [-0.1, -0.05) is 47.5 Å². The maximum absolute atomic E-state index is 3.71. The van der Waals surface area contributed by atoms with E-state index in [1.54, 1.807) is 0 Å². The lowest BCUT2D eigenvalue weighted by Crippen LogP contribution is -2.48. The molecule has 0 spiro atoms. The predicted octanol–water partition coefficient (Wildman–Crippen LogP) is 4.30. The van der Waals surface area contributed by atoms with Crippen LogP contribution in [0.3, 0.4) is 0 Å². The number of likely N-dealkylation sites (tertiary alicyclic amines) is 1. The number of rotatable bonds is 9. The van der Waals surface area contributed by atoms with Crippen LogP contribution in [0.25, 0.3) is 0 Å². The molecule has 0 amide bonds. The topological polar surface area (TPSA) is 15.3 Å². The molecule has 0 radical (unpaired) electrons. The molecule has 0 aromatic carbocycles. The highest BCUT2D eigenvalue weighted by atomic mass is 15.2. The minimum Gasteiger partial charge on any atom is -0.316 e. The van der Waals surface area contributed by atoms with Crippen LogP contribution in [0, 0.1) is 11.3 Å². The zero-order valence-electron chi connectivity index (χ0n) is 14.7. The van der Waals surface area contributed by atoms with Gasteiger partial charge < -0.3 is 5.32 Å². The number of hydrogen-bond donors (Lipinski definition) is 1. The van der Waals surface area contributed by atoms with E-state index < -0.39 is 0 Å². The first-order valence-corrected chi connectivity index (χ1v) is 8.95. The smallest absolute Gasteiger partial charge is 0.00928 e. The van der Waals surface area contributed by atoms with Gasteiger partial charge in [-0.15, -0.1) is 0 Å². The molecule has 0 bridgehead atoms. The molecule has 120 valence electrons. The molecule has 1 heterocycles. The van der Waals surface area contributed by atoms with Crippen molar-refractivity contribution >= 4 is 0 Å². The van der Waals surface area contributed by atoms with E-state index in [-0.39, 0.29) is 0 Å². The molecule has 0 aliphatic carbocycles. The van der Waals surface area contributed by atoms with Crippen molar-refractivity contribution in [1.29, 1.82) is 0 Å². The van der Waals surface area contributed by atoms with Gasteiger partial charge in [0.25, 0.3) is 0 Å². The predicted molar refractivity (Wildman–Crippen MR) is 90.2 cm³/mol. The van der Waals surface area contributed by atoms with Crippen LogP contribution in [0.5, 0.6) is 0 Å². The second-order valence-electron chi connectivity index (χ2n) is 7.61. The highest BCUT2D eigenvalue weighted by Crippen LogP contribution is 2.28. The van der Waals surface area contributed by atoms with Crippen molar-refractivity contribution in [3.05, 3.63) is 0 Å². The molecule has 2 heteroatoms. The van der Waals surface area contributed by atoms with E-state index in [1.807, 2.05) is 0 Å². The van der Waals surface area contributed by atoms with Gasteiger partial charge in [0.2, 0.25) is 0 Å².